The van der Waals surface area contributed by atoms with Crippen molar-refractivity contribution in [3.8, 4) is 11.5 Å². The highest BCUT2D eigenvalue weighted by Gasteiger charge is 2.11. The lowest BCUT2D eigenvalue weighted by molar-refractivity contribution is 0.102. The number of anilines is 1. The van der Waals surface area contributed by atoms with Crippen LogP contribution in [-0.4, -0.2) is 19.1 Å². The molecule has 0 heterocycles. The topological polar surface area (TPSA) is 47.6 Å². The van der Waals surface area contributed by atoms with Gasteiger partial charge in [-0.3, -0.25) is 4.79 Å². The van der Waals surface area contributed by atoms with Crippen LogP contribution in [0.5, 0.6) is 11.5 Å². The van der Waals surface area contributed by atoms with Crippen LogP contribution in [0.3, 0.4) is 0 Å². The Morgan fingerprint density at radius 2 is 1.57 bits per heavy atom. The summed E-state index contributed by atoms with van der Waals surface area (Å²) in [5.41, 5.74) is 0.995. The normalized spacial score (nSPS) is 10.3. The van der Waals surface area contributed by atoms with E-state index in [1.807, 2.05) is 13.8 Å². The fraction of sp³-hybridized carbons (Fsp3) is 0.235. The van der Waals surface area contributed by atoms with Gasteiger partial charge in [-0.2, -0.15) is 0 Å². The predicted molar refractivity (Wildman–Crippen MR) is 93.2 cm³/mol. The number of amides is 1. The SMILES string of the molecule is CCOc1cc(OCC)cc(C(=O)Nc2ccc(Cl)c(Cl)c2)c1. The van der Waals surface area contributed by atoms with Crippen molar-refractivity contribution in [2.45, 2.75) is 13.8 Å². The molecule has 0 saturated carbocycles. The molecule has 1 N–H and O–H groups in total. The van der Waals surface area contributed by atoms with Gasteiger partial charge in [0.05, 0.1) is 23.3 Å². The van der Waals surface area contributed by atoms with Gasteiger partial charge >= 0.3 is 0 Å². The number of carbonyl (C=O) groups excluding carboxylic acids is 1. The molecule has 23 heavy (non-hydrogen) atoms. The van der Waals surface area contributed by atoms with Crippen molar-refractivity contribution in [1.29, 1.82) is 0 Å². The molecule has 0 spiro atoms. The van der Waals surface area contributed by atoms with Crippen molar-refractivity contribution in [3.05, 3.63) is 52.0 Å². The zero-order valence-electron chi connectivity index (χ0n) is 12.9. The molecule has 2 rings (SSSR count). The maximum absolute atomic E-state index is 12.4. The van der Waals surface area contributed by atoms with E-state index in [1.165, 1.54) is 0 Å². The lowest BCUT2D eigenvalue weighted by Crippen LogP contribution is -2.12. The molecule has 0 unspecified atom stereocenters. The van der Waals surface area contributed by atoms with Crippen molar-refractivity contribution in [2.75, 3.05) is 18.5 Å². The van der Waals surface area contributed by atoms with Gasteiger partial charge in [0, 0.05) is 17.3 Å². The van der Waals surface area contributed by atoms with E-state index in [9.17, 15) is 4.79 Å². The Kier molecular flexibility index (Phi) is 6.13. The second-order valence-corrected chi connectivity index (χ2v) is 5.46. The molecule has 2 aromatic rings. The largest absolute Gasteiger partial charge is 0.494 e. The third kappa shape index (κ3) is 4.78. The number of rotatable bonds is 6. The second kappa shape index (κ2) is 8.09. The third-order valence-corrected chi connectivity index (χ3v) is 3.68. The number of carbonyl (C=O) groups is 1. The number of hydrogen-bond donors (Lipinski definition) is 1. The summed E-state index contributed by atoms with van der Waals surface area (Å²) in [7, 11) is 0. The van der Waals surface area contributed by atoms with E-state index in [1.54, 1.807) is 36.4 Å². The average molecular weight is 354 g/mol. The highest BCUT2D eigenvalue weighted by atomic mass is 35.5. The Bertz CT molecular complexity index is 680. The summed E-state index contributed by atoms with van der Waals surface area (Å²) in [4.78, 5) is 12.4. The second-order valence-electron chi connectivity index (χ2n) is 4.64. The lowest BCUT2D eigenvalue weighted by atomic mass is 10.1. The quantitative estimate of drug-likeness (QED) is 0.790. The Labute approximate surface area is 145 Å². The van der Waals surface area contributed by atoms with Crippen LogP contribution in [0.2, 0.25) is 10.0 Å². The molecule has 0 radical (unpaired) electrons. The van der Waals surface area contributed by atoms with E-state index in [2.05, 4.69) is 5.32 Å². The van der Waals surface area contributed by atoms with Gasteiger partial charge in [-0.25, -0.2) is 0 Å². The lowest BCUT2D eigenvalue weighted by Gasteiger charge is -2.11. The Hall–Kier alpha value is -1.91. The standard InChI is InChI=1S/C17H17Cl2NO3/c1-3-22-13-7-11(8-14(10-13)23-4-2)17(21)20-12-5-6-15(18)16(19)9-12/h5-10H,3-4H2,1-2H3,(H,20,21). The van der Waals surface area contributed by atoms with Crippen LogP contribution in [0.1, 0.15) is 24.2 Å². The molecule has 0 aliphatic carbocycles. The third-order valence-electron chi connectivity index (χ3n) is 2.94. The average Bonchev–Trinajstić information content (AvgIpc) is 2.51. The summed E-state index contributed by atoms with van der Waals surface area (Å²) in [6, 6.07) is 9.99. The first kappa shape index (κ1) is 17.4. The number of hydrogen-bond acceptors (Lipinski definition) is 3. The summed E-state index contributed by atoms with van der Waals surface area (Å²) < 4.78 is 10.9. The van der Waals surface area contributed by atoms with Gasteiger partial charge in [0.25, 0.3) is 5.91 Å². The van der Waals surface area contributed by atoms with Crippen LogP contribution in [0.25, 0.3) is 0 Å². The minimum atomic E-state index is -0.286. The highest BCUT2D eigenvalue weighted by molar-refractivity contribution is 6.42. The predicted octanol–water partition coefficient (Wildman–Crippen LogP) is 5.04. The van der Waals surface area contributed by atoms with E-state index >= 15 is 0 Å². The molecular formula is C17H17Cl2NO3. The maximum atomic E-state index is 12.4. The maximum Gasteiger partial charge on any atom is 0.255 e. The molecule has 0 saturated heterocycles. The molecule has 122 valence electrons. The van der Waals surface area contributed by atoms with Crippen LogP contribution in [0.4, 0.5) is 5.69 Å². The van der Waals surface area contributed by atoms with Crippen LogP contribution in [-0.2, 0) is 0 Å². The number of ether oxygens (including phenoxy) is 2. The van der Waals surface area contributed by atoms with E-state index in [-0.39, 0.29) is 5.91 Å². The summed E-state index contributed by atoms with van der Waals surface area (Å²) in [6.45, 7) is 4.76. The minimum Gasteiger partial charge on any atom is -0.494 e. The molecule has 0 fully saturated rings. The Balaban J connectivity index is 2.24. The smallest absolute Gasteiger partial charge is 0.255 e. The van der Waals surface area contributed by atoms with Gasteiger partial charge in [0.1, 0.15) is 11.5 Å². The van der Waals surface area contributed by atoms with Gasteiger partial charge in [0.15, 0.2) is 0 Å². The summed E-state index contributed by atoms with van der Waals surface area (Å²) in [5.74, 6) is 0.876. The first-order valence-electron chi connectivity index (χ1n) is 7.20. The Morgan fingerprint density at radius 3 is 2.09 bits per heavy atom. The molecule has 0 atom stereocenters. The van der Waals surface area contributed by atoms with E-state index in [0.29, 0.717) is 46.0 Å². The van der Waals surface area contributed by atoms with Crippen molar-refractivity contribution in [3.63, 3.8) is 0 Å². The van der Waals surface area contributed by atoms with Gasteiger partial charge in [-0.15, -0.1) is 0 Å². The number of halogens is 2. The minimum absolute atomic E-state index is 0.286. The molecule has 0 aromatic heterocycles. The van der Waals surface area contributed by atoms with Gasteiger partial charge in [-0.1, -0.05) is 23.2 Å². The first-order valence-corrected chi connectivity index (χ1v) is 7.96. The fourth-order valence-electron chi connectivity index (χ4n) is 1.98. The van der Waals surface area contributed by atoms with Gasteiger partial charge in [-0.05, 0) is 44.2 Å². The molecule has 4 nitrogen and oxygen atoms in total. The summed E-state index contributed by atoms with van der Waals surface area (Å²) in [5, 5.41) is 3.58. The molecule has 0 aliphatic rings. The molecular weight excluding hydrogens is 337 g/mol. The molecule has 0 bridgehead atoms. The van der Waals surface area contributed by atoms with E-state index in [0.717, 1.165) is 0 Å². The summed E-state index contributed by atoms with van der Waals surface area (Å²) in [6.07, 6.45) is 0. The van der Waals surface area contributed by atoms with Crippen molar-refractivity contribution < 1.29 is 14.3 Å². The van der Waals surface area contributed by atoms with Gasteiger partial charge < -0.3 is 14.8 Å². The fourth-order valence-corrected chi connectivity index (χ4v) is 2.28. The van der Waals surface area contributed by atoms with Crippen LogP contribution in [0.15, 0.2) is 36.4 Å². The zero-order valence-corrected chi connectivity index (χ0v) is 14.4. The number of nitrogens with one attached hydrogen (secondary N) is 1. The van der Waals surface area contributed by atoms with E-state index < -0.39 is 0 Å². The molecule has 0 aliphatic heterocycles. The summed E-state index contributed by atoms with van der Waals surface area (Å²) >= 11 is 11.8. The van der Waals surface area contributed by atoms with Crippen LogP contribution >= 0.6 is 23.2 Å². The molecule has 6 heteroatoms. The molecule has 2 aromatic carbocycles. The van der Waals surface area contributed by atoms with E-state index in [4.69, 9.17) is 32.7 Å². The van der Waals surface area contributed by atoms with Crippen molar-refractivity contribution >= 4 is 34.8 Å². The monoisotopic (exact) mass is 353 g/mol. The van der Waals surface area contributed by atoms with Crippen LogP contribution < -0.4 is 14.8 Å². The van der Waals surface area contributed by atoms with Crippen molar-refractivity contribution in [2.24, 2.45) is 0 Å². The first-order chi connectivity index (χ1) is 11.0. The molecule has 1 amide bonds. The van der Waals surface area contributed by atoms with Crippen molar-refractivity contribution in [1.82, 2.24) is 0 Å². The van der Waals surface area contributed by atoms with Gasteiger partial charge in [0.2, 0.25) is 0 Å². The van der Waals surface area contributed by atoms with Crippen LogP contribution in [0, 0.1) is 0 Å². The zero-order chi connectivity index (χ0) is 16.8. The highest BCUT2D eigenvalue weighted by Crippen LogP contribution is 2.27. The number of benzene rings is 2. The Morgan fingerprint density at radius 1 is 0.957 bits per heavy atom.